The molecule has 11 heavy (non-hydrogen) atoms. The van der Waals surface area contributed by atoms with Crippen molar-refractivity contribution in [2.75, 3.05) is 0 Å². The summed E-state index contributed by atoms with van der Waals surface area (Å²) >= 11 is 1.68. The van der Waals surface area contributed by atoms with Gasteiger partial charge in [0.1, 0.15) is 5.37 Å². The molecule has 0 aromatic heterocycles. The summed E-state index contributed by atoms with van der Waals surface area (Å²) in [6.07, 6.45) is 3.73. The van der Waals surface area contributed by atoms with Gasteiger partial charge in [-0.2, -0.15) is 0 Å². The average molecular weight is 177 g/mol. The van der Waals surface area contributed by atoms with Crippen molar-refractivity contribution in [3.05, 3.63) is 23.3 Å². The van der Waals surface area contributed by atoms with Crippen molar-refractivity contribution in [2.45, 2.75) is 12.3 Å². The number of nitrogens with zero attached hydrogens (tertiary/aromatic N) is 1. The van der Waals surface area contributed by atoms with Gasteiger partial charge in [0.15, 0.2) is 0 Å². The zero-order valence-electron chi connectivity index (χ0n) is 7.57. The topological polar surface area (TPSA) is 20.3 Å². The van der Waals surface area contributed by atoms with Crippen molar-refractivity contribution >= 4 is 17.7 Å². The molecule has 0 aliphatic carbocycles. The number of hydrogen-bond donors (Lipinski definition) is 0. The number of fused-ring (bicyclic) bond motifs is 1. The van der Waals surface area contributed by atoms with Gasteiger partial charge in [-0.3, -0.25) is 9.69 Å². The van der Waals surface area contributed by atoms with Crippen LogP contribution in [0.15, 0.2) is 23.3 Å². The van der Waals surface area contributed by atoms with Crippen LogP contribution in [-0.2, 0) is 4.79 Å². The van der Waals surface area contributed by atoms with Crippen LogP contribution in [0, 0.1) is 0 Å². The first-order valence-corrected chi connectivity index (χ1v) is 4.10. The molecular formula is C7H8NNaOS. The Morgan fingerprint density at radius 3 is 3.18 bits per heavy atom. The minimum absolute atomic E-state index is 0. The van der Waals surface area contributed by atoms with Crippen LogP contribution in [-0.4, -0.2) is 16.2 Å². The van der Waals surface area contributed by atoms with E-state index in [0.29, 0.717) is 5.37 Å². The van der Waals surface area contributed by atoms with Crippen molar-refractivity contribution in [1.29, 1.82) is 0 Å². The monoisotopic (exact) mass is 177 g/mol. The number of carbonyl (C=O) groups excluding carboxylic acids is 1. The molecule has 1 fully saturated rings. The van der Waals surface area contributed by atoms with E-state index in [2.05, 4.69) is 0 Å². The van der Waals surface area contributed by atoms with Crippen LogP contribution in [0.2, 0.25) is 0 Å². The van der Waals surface area contributed by atoms with Crippen molar-refractivity contribution in [1.82, 2.24) is 4.90 Å². The molecule has 2 heterocycles. The van der Waals surface area contributed by atoms with E-state index >= 15 is 0 Å². The molecule has 0 radical (unpaired) electrons. The van der Waals surface area contributed by atoms with E-state index in [-0.39, 0.29) is 36.9 Å². The van der Waals surface area contributed by atoms with Gasteiger partial charge in [-0.25, -0.2) is 0 Å². The molecule has 2 aliphatic rings. The summed E-state index contributed by atoms with van der Waals surface area (Å²) in [4.78, 5) is 12.8. The second kappa shape index (κ2) is 3.35. The Bertz CT molecular complexity index is 254. The number of hydrogen-bond acceptors (Lipinski definition) is 2. The third-order valence-electron chi connectivity index (χ3n) is 1.74. The fraction of sp³-hybridized carbons (Fsp3) is 0.286. The van der Waals surface area contributed by atoms with Gasteiger partial charge in [-0.05, 0) is 12.3 Å². The van der Waals surface area contributed by atoms with Gasteiger partial charge in [0.05, 0.1) is 0 Å². The zero-order valence-corrected chi connectivity index (χ0v) is 9.39. The molecule has 0 saturated carbocycles. The zero-order chi connectivity index (χ0) is 7.14. The summed E-state index contributed by atoms with van der Waals surface area (Å²) in [7, 11) is 0. The molecule has 54 valence electrons. The maximum Gasteiger partial charge on any atom is 1.00 e. The minimum Gasteiger partial charge on any atom is -1.00 e. The number of β-lactam (4-membered cyclic amide) rings is 1. The van der Waals surface area contributed by atoms with E-state index in [1.807, 2.05) is 24.6 Å². The van der Waals surface area contributed by atoms with Crippen LogP contribution in [0.3, 0.4) is 0 Å². The van der Waals surface area contributed by atoms with Crippen molar-refractivity contribution in [3.63, 3.8) is 0 Å². The summed E-state index contributed by atoms with van der Waals surface area (Å²) < 4.78 is 0. The maximum atomic E-state index is 11.1. The van der Waals surface area contributed by atoms with E-state index in [9.17, 15) is 4.79 Å². The van der Waals surface area contributed by atoms with E-state index in [4.69, 9.17) is 0 Å². The smallest absolute Gasteiger partial charge is 1.00 e. The Labute approximate surface area is 93.5 Å². The third-order valence-corrected chi connectivity index (χ3v) is 2.76. The summed E-state index contributed by atoms with van der Waals surface area (Å²) in [5, 5.41) is 2.26. The van der Waals surface area contributed by atoms with Crippen LogP contribution < -0.4 is 29.6 Å². The van der Waals surface area contributed by atoms with Gasteiger partial charge in [0.2, 0.25) is 0 Å². The maximum absolute atomic E-state index is 11.1. The normalized spacial score (nSPS) is 29.9. The first kappa shape index (κ1) is 9.39. The molecular weight excluding hydrogens is 169 g/mol. The molecule has 2 aliphatic heterocycles. The number of allylic oxidation sites excluding steroid dienone is 1. The van der Waals surface area contributed by atoms with E-state index in [1.165, 1.54) is 0 Å². The largest absolute Gasteiger partial charge is 1.00 e. The molecule has 0 aromatic carbocycles. The Morgan fingerprint density at radius 2 is 2.55 bits per heavy atom. The summed E-state index contributed by atoms with van der Waals surface area (Å²) in [5.74, 6) is 0.161. The Morgan fingerprint density at radius 1 is 1.82 bits per heavy atom. The average Bonchev–Trinajstić information content (AvgIpc) is 2.33. The quantitative estimate of drug-likeness (QED) is 0.253. The Hall–Kier alpha value is 0.300. The first-order valence-electron chi connectivity index (χ1n) is 3.15. The molecule has 0 aromatic rings. The van der Waals surface area contributed by atoms with Crippen LogP contribution >= 0.6 is 11.8 Å². The van der Waals surface area contributed by atoms with Gasteiger partial charge in [0.25, 0.3) is 5.91 Å². The molecule has 2 nitrogen and oxygen atoms in total. The fourth-order valence-corrected chi connectivity index (χ4v) is 2.20. The molecule has 0 bridgehead atoms. The van der Waals surface area contributed by atoms with E-state index in [0.717, 1.165) is 5.57 Å². The van der Waals surface area contributed by atoms with Crippen molar-refractivity contribution in [3.8, 4) is 0 Å². The van der Waals surface area contributed by atoms with Gasteiger partial charge in [0, 0.05) is 11.8 Å². The van der Waals surface area contributed by atoms with Crippen molar-refractivity contribution in [2.24, 2.45) is 0 Å². The van der Waals surface area contributed by atoms with E-state index < -0.39 is 0 Å². The molecule has 1 saturated heterocycles. The second-order valence-corrected chi connectivity index (χ2v) is 3.22. The minimum atomic E-state index is 0. The van der Waals surface area contributed by atoms with Gasteiger partial charge in [-0.15, -0.1) is 11.8 Å². The summed E-state index contributed by atoms with van der Waals surface area (Å²) in [6, 6.07) is 0. The Balaban J connectivity index is 0.000000605. The number of rotatable bonds is 0. The number of thioether (sulfide) groups is 1. The van der Waals surface area contributed by atoms with E-state index in [1.54, 1.807) is 16.7 Å². The molecule has 0 N–H and O–H groups in total. The van der Waals surface area contributed by atoms with Crippen LogP contribution in [0.25, 0.3) is 0 Å². The molecule has 1 amide bonds. The SMILES string of the molecule is C/C=C1\C(=O)N2C=CS[C@H]12.[H-].[Na+]. The number of carbonyl (C=O) groups is 1. The molecule has 0 spiro atoms. The molecule has 4 heteroatoms. The van der Waals surface area contributed by atoms with Crippen LogP contribution in [0.1, 0.15) is 8.35 Å². The Kier molecular flexibility index (Phi) is 2.86. The summed E-state index contributed by atoms with van der Waals surface area (Å²) in [5.41, 5.74) is 0.940. The van der Waals surface area contributed by atoms with Gasteiger partial charge >= 0.3 is 29.6 Å². The van der Waals surface area contributed by atoms with Crippen LogP contribution in [0.4, 0.5) is 0 Å². The van der Waals surface area contributed by atoms with Gasteiger partial charge < -0.3 is 1.43 Å². The van der Waals surface area contributed by atoms with Crippen LogP contribution in [0.5, 0.6) is 0 Å². The standard InChI is InChI=1S/C7H7NOS.Na.H/c1-2-5-6(9)8-3-4-10-7(5)8;;/h2-4,7H,1H3;;/q;+1;-1/b5-2+;;/t7-;;/m1../s1. The second-order valence-electron chi connectivity index (χ2n) is 2.23. The first-order chi connectivity index (χ1) is 4.84. The molecule has 0 unspecified atom stereocenters. The number of amides is 1. The third kappa shape index (κ3) is 1.20. The predicted octanol–water partition coefficient (Wildman–Crippen LogP) is -1.56. The predicted molar refractivity (Wildman–Crippen MR) is 42.2 cm³/mol. The van der Waals surface area contributed by atoms with Gasteiger partial charge in [-0.1, -0.05) is 6.08 Å². The summed E-state index contributed by atoms with van der Waals surface area (Å²) in [6.45, 7) is 1.91. The molecule has 1 atom stereocenters. The van der Waals surface area contributed by atoms with Crippen molar-refractivity contribution < 1.29 is 35.8 Å². The molecule has 2 rings (SSSR count). The fourth-order valence-electron chi connectivity index (χ4n) is 1.17.